The standard InChI is InChI=1S/C13H28N2O2/c1-4-5-8-15(11-6-7-11)12(10-14)9-13(16-2)17-3/h11-13H,4-10,14H2,1-3H3. The fourth-order valence-electron chi connectivity index (χ4n) is 2.29. The van der Waals surface area contributed by atoms with Crippen molar-refractivity contribution < 1.29 is 9.47 Å². The minimum absolute atomic E-state index is 0.133. The fraction of sp³-hybridized carbons (Fsp3) is 1.00. The Bertz CT molecular complexity index is 194. The van der Waals surface area contributed by atoms with Crippen LogP contribution in [-0.4, -0.2) is 50.6 Å². The Balaban J connectivity index is 2.48. The molecule has 1 fully saturated rings. The fourth-order valence-corrected chi connectivity index (χ4v) is 2.29. The molecule has 1 rings (SSSR count). The molecule has 0 heterocycles. The number of unbranched alkanes of at least 4 members (excludes halogenated alkanes) is 1. The number of nitrogens with zero attached hydrogens (tertiary/aromatic N) is 1. The third-order valence-electron chi connectivity index (χ3n) is 3.52. The average molecular weight is 244 g/mol. The lowest BCUT2D eigenvalue weighted by molar-refractivity contribution is -0.117. The summed E-state index contributed by atoms with van der Waals surface area (Å²) in [4.78, 5) is 2.56. The maximum Gasteiger partial charge on any atom is 0.158 e. The molecule has 0 bridgehead atoms. The largest absolute Gasteiger partial charge is 0.356 e. The van der Waals surface area contributed by atoms with Crippen LogP contribution in [0.25, 0.3) is 0 Å². The van der Waals surface area contributed by atoms with Gasteiger partial charge in [-0.1, -0.05) is 13.3 Å². The van der Waals surface area contributed by atoms with Crippen molar-refractivity contribution in [3.63, 3.8) is 0 Å². The Morgan fingerprint density at radius 3 is 2.35 bits per heavy atom. The average Bonchev–Trinajstić information content (AvgIpc) is 3.18. The molecule has 2 N–H and O–H groups in total. The van der Waals surface area contributed by atoms with Gasteiger partial charge in [-0.25, -0.2) is 0 Å². The number of methoxy groups -OCH3 is 2. The lowest BCUT2D eigenvalue weighted by Crippen LogP contribution is -2.45. The quantitative estimate of drug-likeness (QED) is 0.593. The van der Waals surface area contributed by atoms with Crippen LogP contribution < -0.4 is 5.73 Å². The summed E-state index contributed by atoms with van der Waals surface area (Å²) in [5, 5.41) is 0. The van der Waals surface area contributed by atoms with Gasteiger partial charge in [0.1, 0.15) is 0 Å². The van der Waals surface area contributed by atoms with E-state index in [0.29, 0.717) is 12.6 Å². The highest BCUT2D eigenvalue weighted by Gasteiger charge is 2.33. The van der Waals surface area contributed by atoms with Crippen molar-refractivity contribution in [2.45, 2.75) is 57.4 Å². The van der Waals surface area contributed by atoms with Crippen LogP contribution in [0.4, 0.5) is 0 Å². The van der Waals surface area contributed by atoms with Crippen LogP contribution in [0.15, 0.2) is 0 Å². The Kier molecular flexibility index (Phi) is 7.04. The van der Waals surface area contributed by atoms with E-state index in [0.717, 1.165) is 19.0 Å². The first-order valence-corrected chi connectivity index (χ1v) is 6.78. The van der Waals surface area contributed by atoms with Gasteiger partial charge in [-0.3, -0.25) is 4.90 Å². The van der Waals surface area contributed by atoms with Gasteiger partial charge in [0.25, 0.3) is 0 Å². The Hall–Kier alpha value is -0.160. The van der Waals surface area contributed by atoms with Crippen molar-refractivity contribution in [3.05, 3.63) is 0 Å². The smallest absolute Gasteiger partial charge is 0.158 e. The van der Waals surface area contributed by atoms with Crippen LogP contribution in [0.2, 0.25) is 0 Å². The summed E-state index contributed by atoms with van der Waals surface area (Å²) in [6.07, 6.45) is 5.86. The molecular formula is C13H28N2O2. The zero-order chi connectivity index (χ0) is 12.7. The second-order valence-corrected chi connectivity index (χ2v) is 4.85. The molecule has 0 saturated heterocycles. The van der Waals surface area contributed by atoms with E-state index < -0.39 is 0 Å². The number of ether oxygens (including phenoxy) is 2. The van der Waals surface area contributed by atoms with Crippen LogP contribution in [0.3, 0.4) is 0 Å². The minimum Gasteiger partial charge on any atom is -0.356 e. The van der Waals surface area contributed by atoms with Crippen LogP contribution in [0, 0.1) is 0 Å². The van der Waals surface area contributed by atoms with Gasteiger partial charge in [0, 0.05) is 39.3 Å². The number of nitrogens with two attached hydrogens (primary N) is 1. The van der Waals surface area contributed by atoms with E-state index in [2.05, 4.69) is 11.8 Å². The second kappa shape index (κ2) is 8.03. The third kappa shape index (κ3) is 4.92. The van der Waals surface area contributed by atoms with Crippen LogP contribution in [0.5, 0.6) is 0 Å². The van der Waals surface area contributed by atoms with E-state index in [1.807, 2.05) is 0 Å². The number of rotatable bonds is 10. The van der Waals surface area contributed by atoms with Gasteiger partial charge in [-0.2, -0.15) is 0 Å². The highest BCUT2D eigenvalue weighted by molar-refractivity contribution is 4.89. The molecule has 1 atom stereocenters. The maximum absolute atomic E-state index is 5.92. The Labute approximate surface area is 105 Å². The molecule has 0 amide bonds. The van der Waals surface area contributed by atoms with Gasteiger partial charge in [-0.05, 0) is 25.8 Å². The minimum atomic E-state index is -0.133. The van der Waals surface area contributed by atoms with Gasteiger partial charge in [0.2, 0.25) is 0 Å². The molecule has 1 aliphatic rings. The molecule has 0 aromatic rings. The molecule has 17 heavy (non-hydrogen) atoms. The van der Waals surface area contributed by atoms with E-state index >= 15 is 0 Å². The SMILES string of the molecule is CCCCN(C1CC1)C(CN)CC(OC)OC. The van der Waals surface area contributed by atoms with Crippen molar-refractivity contribution >= 4 is 0 Å². The first-order chi connectivity index (χ1) is 8.26. The monoisotopic (exact) mass is 244 g/mol. The summed E-state index contributed by atoms with van der Waals surface area (Å²) in [5.74, 6) is 0. The first-order valence-electron chi connectivity index (χ1n) is 6.78. The summed E-state index contributed by atoms with van der Waals surface area (Å²) in [6, 6.07) is 1.14. The summed E-state index contributed by atoms with van der Waals surface area (Å²) in [5.41, 5.74) is 5.92. The van der Waals surface area contributed by atoms with Gasteiger partial charge >= 0.3 is 0 Å². The molecule has 0 aromatic heterocycles. The van der Waals surface area contributed by atoms with Gasteiger partial charge < -0.3 is 15.2 Å². The molecule has 0 aliphatic heterocycles. The van der Waals surface area contributed by atoms with Crippen LogP contribution in [0.1, 0.15) is 39.0 Å². The maximum atomic E-state index is 5.92. The lowest BCUT2D eigenvalue weighted by Gasteiger charge is -2.32. The van der Waals surface area contributed by atoms with Crippen molar-refractivity contribution in [2.75, 3.05) is 27.3 Å². The molecule has 4 heteroatoms. The molecule has 1 saturated carbocycles. The number of hydrogen-bond acceptors (Lipinski definition) is 4. The predicted octanol–water partition coefficient (Wildman–Crippen LogP) is 1.59. The molecule has 4 nitrogen and oxygen atoms in total. The lowest BCUT2D eigenvalue weighted by atomic mass is 10.1. The predicted molar refractivity (Wildman–Crippen MR) is 69.9 cm³/mol. The summed E-state index contributed by atoms with van der Waals surface area (Å²) >= 11 is 0. The summed E-state index contributed by atoms with van der Waals surface area (Å²) in [6.45, 7) is 4.07. The number of hydrogen-bond donors (Lipinski definition) is 1. The highest BCUT2D eigenvalue weighted by atomic mass is 16.7. The van der Waals surface area contributed by atoms with E-state index in [4.69, 9.17) is 15.2 Å². The van der Waals surface area contributed by atoms with E-state index in [-0.39, 0.29) is 6.29 Å². The van der Waals surface area contributed by atoms with E-state index in [1.54, 1.807) is 14.2 Å². The van der Waals surface area contributed by atoms with E-state index in [1.165, 1.54) is 25.7 Å². The van der Waals surface area contributed by atoms with E-state index in [9.17, 15) is 0 Å². The second-order valence-electron chi connectivity index (χ2n) is 4.85. The first kappa shape index (κ1) is 14.9. The Morgan fingerprint density at radius 1 is 1.29 bits per heavy atom. The zero-order valence-electron chi connectivity index (χ0n) is 11.5. The normalized spacial score (nSPS) is 18.0. The van der Waals surface area contributed by atoms with Crippen molar-refractivity contribution in [3.8, 4) is 0 Å². The topological polar surface area (TPSA) is 47.7 Å². The van der Waals surface area contributed by atoms with Crippen LogP contribution in [-0.2, 0) is 9.47 Å². The highest BCUT2D eigenvalue weighted by Crippen LogP contribution is 2.30. The zero-order valence-corrected chi connectivity index (χ0v) is 11.5. The van der Waals surface area contributed by atoms with Gasteiger partial charge in [-0.15, -0.1) is 0 Å². The molecule has 102 valence electrons. The third-order valence-corrected chi connectivity index (χ3v) is 3.52. The van der Waals surface area contributed by atoms with Crippen LogP contribution >= 0.6 is 0 Å². The summed E-state index contributed by atoms with van der Waals surface area (Å²) in [7, 11) is 3.38. The van der Waals surface area contributed by atoms with Gasteiger partial charge in [0.15, 0.2) is 6.29 Å². The molecule has 0 spiro atoms. The molecule has 0 radical (unpaired) electrons. The van der Waals surface area contributed by atoms with Crippen molar-refractivity contribution in [2.24, 2.45) is 5.73 Å². The molecule has 1 unspecified atom stereocenters. The van der Waals surface area contributed by atoms with Gasteiger partial charge in [0.05, 0.1) is 0 Å². The molecule has 1 aliphatic carbocycles. The summed E-state index contributed by atoms with van der Waals surface area (Å²) < 4.78 is 10.6. The van der Waals surface area contributed by atoms with Crippen molar-refractivity contribution in [1.82, 2.24) is 4.90 Å². The molecular weight excluding hydrogens is 216 g/mol. The Morgan fingerprint density at radius 2 is 1.94 bits per heavy atom. The molecule has 0 aromatic carbocycles. The van der Waals surface area contributed by atoms with Crippen molar-refractivity contribution in [1.29, 1.82) is 0 Å².